The van der Waals surface area contributed by atoms with Gasteiger partial charge in [-0.1, -0.05) is 35.0 Å². The highest BCUT2D eigenvalue weighted by atomic mass is 35.5. The molecule has 2 heterocycles. The van der Waals surface area contributed by atoms with Gasteiger partial charge in [0.25, 0.3) is 0 Å². The molecular weight excluding hydrogens is 468 g/mol. The maximum absolute atomic E-state index is 12.6. The Kier molecular flexibility index (Phi) is 8.60. The molecule has 1 aromatic heterocycles. The second-order valence-corrected chi connectivity index (χ2v) is 9.03. The van der Waals surface area contributed by atoms with Gasteiger partial charge in [-0.15, -0.1) is 0 Å². The van der Waals surface area contributed by atoms with Crippen LogP contribution in [0.2, 0.25) is 5.02 Å². The van der Waals surface area contributed by atoms with E-state index in [0.717, 1.165) is 61.4 Å². The normalized spacial score (nSPS) is 14.6. The maximum Gasteiger partial charge on any atom is 0.241 e. The van der Waals surface area contributed by atoms with Crippen LogP contribution < -0.4 is 14.8 Å². The molecule has 1 saturated heterocycles. The van der Waals surface area contributed by atoms with E-state index in [4.69, 9.17) is 25.6 Å². The highest BCUT2D eigenvalue weighted by Crippen LogP contribution is 2.28. The number of methoxy groups -OCH3 is 2. The quantitative estimate of drug-likeness (QED) is 0.415. The number of benzene rings is 2. The van der Waals surface area contributed by atoms with Gasteiger partial charge in [-0.3, -0.25) is 9.69 Å². The monoisotopic (exact) mass is 498 g/mol. The Morgan fingerprint density at radius 3 is 2.66 bits per heavy atom. The number of piperidine rings is 1. The molecule has 0 radical (unpaired) electrons. The zero-order valence-electron chi connectivity index (χ0n) is 20.1. The van der Waals surface area contributed by atoms with E-state index in [2.05, 4.69) is 20.4 Å². The van der Waals surface area contributed by atoms with Gasteiger partial charge in [0.15, 0.2) is 11.5 Å². The summed E-state index contributed by atoms with van der Waals surface area (Å²) in [7, 11) is 3.26. The van der Waals surface area contributed by atoms with E-state index in [1.165, 1.54) is 0 Å². The molecule has 8 nitrogen and oxygen atoms in total. The summed E-state index contributed by atoms with van der Waals surface area (Å²) < 4.78 is 16.1. The fourth-order valence-electron chi connectivity index (χ4n) is 4.30. The number of hydrogen-bond acceptors (Lipinski definition) is 7. The van der Waals surface area contributed by atoms with Crippen molar-refractivity contribution in [3.8, 4) is 22.9 Å². The van der Waals surface area contributed by atoms with Crippen LogP contribution in [0.15, 0.2) is 47.0 Å². The lowest BCUT2D eigenvalue weighted by molar-refractivity contribution is -0.126. The predicted molar refractivity (Wildman–Crippen MR) is 134 cm³/mol. The van der Waals surface area contributed by atoms with E-state index in [9.17, 15) is 4.79 Å². The van der Waals surface area contributed by atoms with Gasteiger partial charge in [-0.05, 0) is 68.6 Å². The van der Waals surface area contributed by atoms with E-state index >= 15 is 0 Å². The van der Waals surface area contributed by atoms with Gasteiger partial charge < -0.3 is 19.3 Å². The zero-order chi connectivity index (χ0) is 24.6. The topological polar surface area (TPSA) is 89.7 Å². The van der Waals surface area contributed by atoms with E-state index in [1.54, 1.807) is 20.3 Å². The smallest absolute Gasteiger partial charge is 0.241 e. The average molecular weight is 499 g/mol. The third kappa shape index (κ3) is 6.52. The van der Waals surface area contributed by atoms with Gasteiger partial charge in [0.05, 0.1) is 25.8 Å². The first-order valence-corrected chi connectivity index (χ1v) is 12.2. The van der Waals surface area contributed by atoms with Gasteiger partial charge in [0, 0.05) is 18.0 Å². The van der Waals surface area contributed by atoms with Crippen molar-refractivity contribution in [3.05, 3.63) is 58.9 Å². The number of likely N-dealkylation sites (tertiary alicyclic amines) is 1. The van der Waals surface area contributed by atoms with Crippen LogP contribution in [0, 0.1) is 5.92 Å². The molecule has 4 rings (SSSR count). The van der Waals surface area contributed by atoms with Crippen molar-refractivity contribution < 1.29 is 18.8 Å². The van der Waals surface area contributed by atoms with Crippen LogP contribution in [0.3, 0.4) is 0 Å². The Bertz CT molecular complexity index is 1130. The molecule has 0 aliphatic carbocycles. The third-order valence-electron chi connectivity index (χ3n) is 6.29. The van der Waals surface area contributed by atoms with Crippen LogP contribution >= 0.6 is 11.6 Å². The Morgan fingerprint density at radius 1 is 1.14 bits per heavy atom. The van der Waals surface area contributed by atoms with E-state index < -0.39 is 0 Å². The first-order valence-electron chi connectivity index (χ1n) is 11.9. The van der Waals surface area contributed by atoms with Gasteiger partial charge >= 0.3 is 0 Å². The van der Waals surface area contributed by atoms with Crippen LogP contribution in [0.4, 0.5) is 0 Å². The number of aromatic nitrogens is 2. The van der Waals surface area contributed by atoms with Crippen molar-refractivity contribution in [2.75, 3.05) is 33.9 Å². The van der Waals surface area contributed by atoms with Crippen molar-refractivity contribution in [1.82, 2.24) is 20.4 Å². The summed E-state index contributed by atoms with van der Waals surface area (Å²) in [6.07, 6.45) is 3.35. The highest BCUT2D eigenvalue weighted by molar-refractivity contribution is 6.33. The molecule has 0 atom stereocenters. The number of aryl methyl sites for hydroxylation is 1. The molecule has 9 heteroatoms. The number of amides is 1. The number of hydrogen-bond donors (Lipinski definition) is 1. The molecule has 1 fully saturated rings. The minimum absolute atomic E-state index is 0.0358. The number of nitrogens with one attached hydrogen (secondary N) is 1. The van der Waals surface area contributed by atoms with Crippen LogP contribution in [0.5, 0.6) is 11.5 Å². The van der Waals surface area contributed by atoms with E-state index in [1.807, 2.05) is 36.4 Å². The van der Waals surface area contributed by atoms with Crippen LogP contribution in [-0.2, 0) is 17.8 Å². The number of rotatable bonds is 10. The number of halogens is 1. The van der Waals surface area contributed by atoms with Gasteiger partial charge in [0.2, 0.25) is 17.6 Å². The third-order valence-corrected chi connectivity index (χ3v) is 6.62. The van der Waals surface area contributed by atoms with Crippen LogP contribution in [-0.4, -0.2) is 54.8 Å². The Hall–Kier alpha value is -3.10. The predicted octanol–water partition coefficient (Wildman–Crippen LogP) is 4.37. The average Bonchev–Trinajstić information content (AvgIpc) is 3.35. The number of nitrogens with zero attached hydrogens (tertiary/aromatic N) is 3. The van der Waals surface area contributed by atoms with Gasteiger partial charge in [-0.25, -0.2) is 0 Å². The molecule has 0 bridgehead atoms. The standard InChI is InChI=1S/C26H31ClN4O4/c1-33-22-10-9-18(16-23(22)34-2)6-5-13-28-26(32)19-11-14-31(15-12-19)17-24-29-25(30-35-24)20-7-3-4-8-21(20)27/h3-4,7-10,16,19H,5-6,11-15,17H2,1-2H3,(H,28,32). The second kappa shape index (κ2) is 12.0. The number of carbonyl (C=O) groups is 1. The van der Waals surface area contributed by atoms with Crippen molar-refractivity contribution in [1.29, 1.82) is 0 Å². The van der Waals surface area contributed by atoms with Crippen molar-refractivity contribution in [3.63, 3.8) is 0 Å². The Labute approximate surface area is 210 Å². The van der Waals surface area contributed by atoms with Gasteiger partial charge in [-0.2, -0.15) is 4.98 Å². The molecule has 1 amide bonds. The fraction of sp³-hybridized carbons (Fsp3) is 0.423. The van der Waals surface area contributed by atoms with Crippen LogP contribution in [0.1, 0.15) is 30.7 Å². The molecule has 2 aromatic carbocycles. The molecule has 0 spiro atoms. The molecule has 1 N–H and O–H groups in total. The van der Waals surface area contributed by atoms with E-state index in [0.29, 0.717) is 29.8 Å². The lowest BCUT2D eigenvalue weighted by Crippen LogP contribution is -2.40. The zero-order valence-corrected chi connectivity index (χ0v) is 20.9. The lowest BCUT2D eigenvalue weighted by atomic mass is 9.96. The molecule has 3 aromatic rings. The first kappa shape index (κ1) is 25.0. The summed E-state index contributed by atoms with van der Waals surface area (Å²) in [5.74, 6) is 2.66. The summed E-state index contributed by atoms with van der Waals surface area (Å²) >= 11 is 6.23. The molecular formula is C26H31ClN4O4. The summed E-state index contributed by atoms with van der Waals surface area (Å²) in [6, 6.07) is 13.4. The fourth-order valence-corrected chi connectivity index (χ4v) is 4.52. The Balaban J connectivity index is 1.17. The lowest BCUT2D eigenvalue weighted by Gasteiger charge is -2.30. The van der Waals surface area contributed by atoms with Crippen molar-refractivity contribution in [2.45, 2.75) is 32.2 Å². The highest BCUT2D eigenvalue weighted by Gasteiger charge is 2.26. The molecule has 1 aliphatic rings. The number of carbonyl (C=O) groups excluding carboxylic acids is 1. The minimum Gasteiger partial charge on any atom is -0.493 e. The largest absolute Gasteiger partial charge is 0.493 e. The molecule has 0 unspecified atom stereocenters. The second-order valence-electron chi connectivity index (χ2n) is 8.63. The minimum atomic E-state index is 0.0358. The maximum atomic E-state index is 12.6. The summed E-state index contributed by atoms with van der Waals surface area (Å²) in [5, 5.41) is 7.75. The Morgan fingerprint density at radius 2 is 1.91 bits per heavy atom. The summed E-state index contributed by atoms with van der Waals surface area (Å²) in [6.45, 7) is 2.85. The van der Waals surface area contributed by atoms with Crippen molar-refractivity contribution in [2.24, 2.45) is 5.92 Å². The molecule has 0 saturated carbocycles. The van der Waals surface area contributed by atoms with E-state index in [-0.39, 0.29) is 11.8 Å². The first-order chi connectivity index (χ1) is 17.1. The molecule has 35 heavy (non-hydrogen) atoms. The molecule has 186 valence electrons. The van der Waals surface area contributed by atoms with Gasteiger partial charge in [0.1, 0.15) is 0 Å². The summed E-state index contributed by atoms with van der Waals surface area (Å²) in [5.41, 5.74) is 1.91. The summed E-state index contributed by atoms with van der Waals surface area (Å²) in [4.78, 5) is 19.4. The number of ether oxygens (including phenoxy) is 2. The van der Waals surface area contributed by atoms with Crippen molar-refractivity contribution >= 4 is 17.5 Å². The SMILES string of the molecule is COc1ccc(CCCNC(=O)C2CCN(Cc3nc(-c4ccccc4Cl)no3)CC2)cc1OC. The molecule has 1 aliphatic heterocycles. The van der Waals surface area contributed by atoms with Crippen LogP contribution in [0.25, 0.3) is 11.4 Å².